The van der Waals surface area contributed by atoms with Gasteiger partial charge in [-0.1, -0.05) is 52.0 Å². The Morgan fingerprint density at radius 2 is 1.84 bits per heavy atom. The van der Waals surface area contributed by atoms with E-state index < -0.39 is 0 Å². The molecule has 0 saturated carbocycles. The maximum Gasteiger partial charge on any atom is 0.0775 e. The summed E-state index contributed by atoms with van der Waals surface area (Å²) < 4.78 is 5.78. The minimum atomic E-state index is 0.129. The van der Waals surface area contributed by atoms with Gasteiger partial charge in [0.25, 0.3) is 0 Å². The van der Waals surface area contributed by atoms with Gasteiger partial charge in [-0.25, -0.2) is 0 Å². The van der Waals surface area contributed by atoms with E-state index in [-0.39, 0.29) is 11.5 Å². The Labute approximate surface area is 118 Å². The summed E-state index contributed by atoms with van der Waals surface area (Å²) in [6, 6.07) is 8.95. The van der Waals surface area contributed by atoms with Crippen molar-refractivity contribution in [2.24, 2.45) is 5.41 Å². The number of likely N-dealkylation sites (N-methyl/N-ethyl adjacent to an activating group) is 1. The smallest absolute Gasteiger partial charge is 0.0775 e. The molecule has 0 amide bonds. The second-order valence-corrected chi connectivity index (χ2v) is 6.32. The zero-order valence-electron chi connectivity index (χ0n) is 13.3. The number of nitrogens with one attached hydrogen (secondary N) is 1. The van der Waals surface area contributed by atoms with Crippen molar-refractivity contribution in [3.63, 3.8) is 0 Å². The van der Waals surface area contributed by atoms with Crippen molar-refractivity contribution < 1.29 is 4.74 Å². The van der Waals surface area contributed by atoms with Crippen LogP contribution in [0.15, 0.2) is 24.3 Å². The van der Waals surface area contributed by atoms with Crippen LogP contribution in [0.3, 0.4) is 0 Å². The Balaban J connectivity index is 2.91. The summed E-state index contributed by atoms with van der Waals surface area (Å²) in [5.41, 5.74) is 2.89. The van der Waals surface area contributed by atoms with Crippen LogP contribution in [0.1, 0.15) is 38.8 Å². The number of rotatable bonds is 6. The molecule has 1 aromatic rings. The summed E-state index contributed by atoms with van der Waals surface area (Å²) in [5.74, 6) is 0. The summed E-state index contributed by atoms with van der Waals surface area (Å²) in [7, 11) is 1.82. The molecule has 1 aromatic carbocycles. The lowest BCUT2D eigenvalue weighted by Crippen LogP contribution is -2.49. The molecular formula is C17H29NO. The maximum absolute atomic E-state index is 5.78. The highest BCUT2D eigenvalue weighted by Crippen LogP contribution is 2.26. The normalized spacial score (nSPS) is 15.3. The zero-order valence-corrected chi connectivity index (χ0v) is 13.3. The van der Waals surface area contributed by atoms with Crippen LogP contribution in [-0.2, 0) is 11.2 Å². The van der Waals surface area contributed by atoms with E-state index in [0.29, 0.717) is 6.04 Å². The molecule has 0 radical (unpaired) electrons. The predicted octanol–water partition coefficient (Wildman–Crippen LogP) is 3.58. The van der Waals surface area contributed by atoms with Gasteiger partial charge in [0, 0.05) is 13.2 Å². The summed E-state index contributed by atoms with van der Waals surface area (Å²) in [4.78, 5) is 0. The maximum atomic E-state index is 5.78. The van der Waals surface area contributed by atoms with Crippen molar-refractivity contribution in [3.8, 4) is 0 Å². The Bertz CT molecular complexity index is 381. The van der Waals surface area contributed by atoms with E-state index in [1.807, 2.05) is 7.11 Å². The van der Waals surface area contributed by atoms with Crippen molar-refractivity contribution in [1.82, 2.24) is 5.32 Å². The highest BCUT2D eigenvalue weighted by molar-refractivity contribution is 5.26. The molecule has 0 aliphatic rings. The molecule has 0 saturated heterocycles. The van der Waals surface area contributed by atoms with Gasteiger partial charge in [-0.3, -0.25) is 0 Å². The molecule has 0 aromatic heterocycles. The molecule has 0 spiro atoms. The van der Waals surface area contributed by atoms with E-state index in [1.54, 1.807) is 0 Å². The van der Waals surface area contributed by atoms with Gasteiger partial charge in [0.1, 0.15) is 0 Å². The summed E-state index contributed by atoms with van der Waals surface area (Å²) in [6.45, 7) is 12.0. The van der Waals surface area contributed by atoms with E-state index >= 15 is 0 Å². The van der Waals surface area contributed by atoms with Crippen molar-refractivity contribution >= 4 is 0 Å². The standard InChI is InChI=1S/C17H29NO/c1-7-18-15(16(19-6)17(3,4)5)12-14-11-9-8-10-13(14)2/h8-11,15-16,18H,7,12H2,1-6H3. The molecule has 2 unspecified atom stereocenters. The number of hydrogen-bond donors (Lipinski definition) is 1. The van der Waals surface area contributed by atoms with Crippen LogP contribution in [0.2, 0.25) is 0 Å². The van der Waals surface area contributed by atoms with E-state index in [4.69, 9.17) is 4.74 Å². The Morgan fingerprint density at radius 3 is 2.32 bits per heavy atom. The molecule has 2 nitrogen and oxygen atoms in total. The van der Waals surface area contributed by atoms with Crippen molar-refractivity contribution in [2.45, 2.75) is 53.2 Å². The lowest BCUT2D eigenvalue weighted by atomic mass is 9.82. The average molecular weight is 263 g/mol. The second-order valence-electron chi connectivity index (χ2n) is 6.32. The van der Waals surface area contributed by atoms with Gasteiger partial charge in [-0.15, -0.1) is 0 Å². The van der Waals surface area contributed by atoms with Crippen molar-refractivity contribution in [2.75, 3.05) is 13.7 Å². The molecule has 1 N–H and O–H groups in total. The summed E-state index contributed by atoms with van der Waals surface area (Å²) >= 11 is 0. The van der Waals surface area contributed by atoms with Gasteiger partial charge in [0.15, 0.2) is 0 Å². The monoisotopic (exact) mass is 263 g/mol. The molecule has 1 rings (SSSR count). The van der Waals surface area contributed by atoms with Crippen LogP contribution in [-0.4, -0.2) is 25.8 Å². The van der Waals surface area contributed by atoms with Crippen molar-refractivity contribution in [1.29, 1.82) is 0 Å². The van der Waals surface area contributed by atoms with Gasteiger partial charge in [-0.05, 0) is 36.4 Å². The van der Waals surface area contributed by atoms with Crippen LogP contribution in [0.4, 0.5) is 0 Å². The lowest BCUT2D eigenvalue weighted by Gasteiger charge is -2.36. The minimum absolute atomic E-state index is 0.129. The first-order valence-corrected chi connectivity index (χ1v) is 7.20. The van der Waals surface area contributed by atoms with Crippen LogP contribution < -0.4 is 5.32 Å². The molecule has 0 aliphatic carbocycles. The Hall–Kier alpha value is -0.860. The SMILES string of the molecule is CCNC(Cc1ccccc1C)C(OC)C(C)(C)C. The molecule has 0 bridgehead atoms. The zero-order chi connectivity index (χ0) is 14.5. The van der Waals surface area contributed by atoms with E-state index in [1.165, 1.54) is 11.1 Å². The van der Waals surface area contributed by atoms with Crippen LogP contribution in [0.5, 0.6) is 0 Å². The number of methoxy groups -OCH3 is 1. The number of aryl methyl sites for hydroxylation is 1. The third kappa shape index (κ3) is 4.63. The molecule has 2 heteroatoms. The fourth-order valence-corrected chi connectivity index (χ4v) is 2.75. The van der Waals surface area contributed by atoms with E-state index in [9.17, 15) is 0 Å². The first-order chi connectivity index (χ1) is 8.90. The van der Waals surface area contributed by atoms with Gasteiger partial charge >= 0.3 is 0 Å². The second kappa shape index (κ2) is 7.06. The lowest BCUT2D eigenvalue weighted by molar-refractivity contribution is -0.0106. The van der Waals surface area contributed by atoms with Crippen LogP contribution >= 0.6 is 0 Å². The molecule has 0 aliphatic heterocycles. The predicted molar refractivity (Wildman–Crippen MR) is 82.6 cm³/mol. The Kier molecular flexibility index (Phi) is 6.02. The first-order valence-electron chi connectivity index (χ1n) is 7.20. The fraction of sp³-hybridized carbons (Fsp3) is 0.647. The van der Waals surface area contributed by atoms with E-state index in [2.05, 4.69) is 64.2 Å². The molecule has 2 atom stereocenters. The quantitative estimate of drug-likeness (QED) is 0.847. The highest BCUT2D eigenvalue weighted by Gasteiger charge is 2.32. The van der Waals surface area contributed by atoms with Gasteiger partial charge < -0.3 is 10.1 Å². The number of benzene rings is 1. The molecule has 0 fully saturated rings. The fourth-order valence-electron chi connectivity index (χ4n) is 2.75. The van der Waals surface area contributed by atoms with Crippen LogP contribution in [0, 0.1) is 12.3 Å². The topological polar surface area (TPSA) is 21.3 Å². The van der Waals surface area contributed by atoms with Crippen molar-refractivity contribution in [3.05, 3.63) is 35.4 Å². The van der Waals surface area contributed by atoms with E-state index in [0.717, 1.165) is 13.0 Å². The third-order valence-electron chi connectivity index (χ3n) is 3.64. The molecular weight excluding hydrogens is 234 g/mol. The summed E-state index contributed by atoms with van der Waals surface area (Å²) in [5, 5.41) is 3.59. The number of hydrogen-bond acceptors (Lipinski definition) is 2. The largest absolute Gasteiger partial charge is 0.379 e. The molecule has 108 valence electrons. The van der Waals surface area contributed by atoms with Gasteiger partial charge in [-0.2, -0.15) is 0 Å². The Morgan fingerprint density at radius 1 is 1.21 bits per heavy atom. The number of ether oxygens (including phenoxy) is 1. The summed E-state index contributed by atoms with van der Waals surface area (Å²) in [6.07, 6.45) is 1.21. The molecule has 0 heterocycles. The third-order valence-corrected chi connectivity index (χ3v) is 3.64. The minimum Gasteiger partial charge on any atom is -0.379 e. The van der Waals surface area contributed by atoms with Gasteiger partial charge in [0.05, 0.1) is 6.10 Å². The van der Waals surface area contributed by atoms with Gasteiger partial charge in [0.2, 0.25) is 0 Å². The van der Waals surface area contributed by atoms with Crippen LogP contribution in [0.25, 0.3) is 0 Å². The highest BCUT2D eigenvalue weighted by atomic mass is 16.5. The molecule has 19 heavy (non-hydrogen) atoms. The first kappa shape index (κ1) is 16.2. The average Bonchev–Trinajstić information content (AvgIpc) is 2.31.